The Balaban J connectivity index is 2.54. The fourth-order valence-corrected chi connectivity index (χ4v) is 2.29. The van der Waals surface area contributed by atoms with E-state index in [0.29, 0.717) is 11.7 Å². The molecule has 0 saturated carbocycles. The zero-order valence-electron chi connectivity index (χ0n) is 8.24. The molecule has 74 valence electrons. The van der Waals surface area contributed by atoms with Gasteiger partial charge < -0.3 is 5.73 Å². The second-order valence-electron chi connectivity index (χ2n) is 3.53. The molecule has 0 fully saturated rings. The molecule has 2 aromatic rings. The van der Waals surface area contributed by atoms with Crippen molar-refractivity contribution in [3.63, 3.8) is 0 Å². The average Bonchev–Trinajstić information content (AvgIpc) is 2.70. The van der Waals surface area contributed by atoms with Crippen LogP contribution in [0.25, 0.3) is 10.6 Å². The van der Waals surface area contributed by atoms with Gasteiger partial charge in [-0.15, -0.1) is 11.3 Å². The van der Waals surface area contributed by atoms with E-state index in [1.807, 2.05) is 6.07 Å². The highest BCUT2D eigenvalue weighted by Gasteiger charge is 2.15. The Morgan fingerprint density at radius 1 is 1.50 bits per heavy atom. The summed E-state index contributed by atoms with van der Waals surface area (Å²) in [7, 11) is 0. The number of hydrogen-bond donors (Lipinski definition) is 2. The molecule has 0 radical (unpaired) electrons. The van der Waals surface area contributed by atoms with E-state index in [-0.39, 0.29) is 0 Å². The van der Waals surface area contributed by atoms with E-state index < -0.39 is 0 Å². The van der Waals surface area contributed by atoms with Gasteiger partial charge >= 0.3 is 0 Å². The van der Waals surface area contributed by atoms with Crippen LogP contribution in [-0.4, -0.2) is 10.2 Å². The van der Waals surface area contributed by atoms with E-state index in [9.17, 15) is 0 Å². The first-order valence-electron chi connectivity index (χ1n) is 4.57. The molecule has 0 atom stereocenters. The van der Waals surface area contributed by atoms with Crippen molar-refractivity contribution in [2.45, 2.75) is 19.8 Å². The van der Waals surface area contributed by atoms with Gasteiger partial charge in [-0.25, -0.2) is 0 Å². The standard InChI is InChI=1S/C10H13N3S/c1-6(2)8-9(12-13-10(8)11)7-4-3-5-14-7/h3-6H,1-2H3,(H3,11,12,13). The lowest BCUT2D eigenvalue weighted by Gasteiger charge is -2.05. The van der Waals surface area contributed by atoms with E-state index in [0.717, 1.165) is 11.3 Å². The highest BCUT2D eigenvalue weighted by atomic mass is 32.1. The molecule has 3 N–H and O–H groups in total. The monoisotopic (exact) mass is 207 g/mol. The van der Waals surface area contributed by atoms with Gasteiger partial charge in [0.2, 0.25) is 0 Å². The summed E-state index contributed by atoms with van der Waals surface area (Å²) in [5.74, 6) is 1.01. The number of nitrogens with zero attached hydrogens (tertiary/aromatic N) is 1. The molecule has 2 aromatic heterocycles. The van der Waals surface area contributed by atoms with Crippen LogP contribution in [0.15, 0.2) is 17.5 Å². The number of nitrogen functional groups attached to an aromatic ring is 1. The lowest BCUT2D eigenvalue weighted by atomic mass is 10.0. The molecule has 4 heteroatoms. The minimum absolute atomic E-state index is 0.394. The van der Waals surface area contributed by atoms with Crippen molar-refractivity contribution in [3.8, 4) is 10.6 Å². The van der Waals surface area contributed by atoms with Crippen molar-refractivity contribution < 1.29 is 0 Å². The number of anilines is 1. The highest BCUT2D eigenvalue weighted by Crippen LogP contribution is 2.33. The molecule has 0 amide bonds. The normalized spacial score (nSPS) is 11.1. The fourth-order valence-electron chi connectivity index (χ4n) is 1.56. The van der Waals surface area contributed by atoms with Gasteiger partial charge in [-0.2, -0.15) is 5.10 Å². The summed E-state index contributed by atoms with van der Waals surface area (Å²) in [6, 6.07) is 4.10. The van der Waals surface area contributed by atoms with E-state index in [2.05, 4.69) is 35.5 Å². The summed E-state index contributed by atoms with van der Waals surface area (Å²) in [6.07, 6.45) is 0. The summed E-state index contributed by atoms with van der Waals surface area (Å²) in [4.78, 5) is 1.19. The number of hydrogen-bond acceptors (Lipinski definition) is 3. The summed E-state index contributed by atoms with van der Waals surface area (Å²) >= 11 is 1.69. The molecule has 0 aliphatic rings. The molecule has 0 aliphatic carbocycles. The Labute approximate surface area is 87.0 Å². The number of thiophene rings is 1. The first kappa shape index (κ1) is 9.27. The number of rotatable bonds is 2. The van der Waals surface area contributed by atoms with Gasteiger partial charge in [0.1, 0.15) is 5.82 Å². The van der Waals surface area contributed by atoms with Crippen LogP contribution in [0.4, 0.5) is 5.82 Å². The Bertz CT molecular complexity index is 415. The molecule has 0 spiro atoms. The van der Waals surface area contributed by atoms with Crippen LogP contribution in [0.1, 0.15) is 25.3 Å². The van der Waals surface area contributed by atoms with Crippen molar-refractivity contribution in [3.05, 3.63) is 23.1 Å². The van der Waals surface area contributed by atoms with Crippen LogP contribution in [-0.2, 0) is 0 Å². The molecular weight excluding hydrogens is 194 g/mol. The molecule has 0 saturated heterocycles. The second-order valence-corrected chi connectivity index (χ2v) is 4.48. The topological polar surface area (TPSA) is 54.7 Å². The minimum atomic E-state index is 0.394. The first-order valence-corrected chi connectivity index (χ1v) is 5.45. The maximum absolute atomic E-state index is 5.81. The molecule has 2 heterocycles. The zero-order chi connectivity index (χ0) is 10.1. The molecule has 0 aliphatic heterocycles. The molecule has 0 aromatic carbocycles. The van der Waals surface area contributed by atoms with Crippen molar-refractivity contribution in [1.29, 1.82) is 0 Å². The third-order valence-electron chi connectivity index (χ3n) is 2.18. The number of aromatic amines is 1. The van der Waals surface area contributed by atoms with Crippen LogP contribution >= 0.6 is 11.3 Å². The summed E-state index contributed by atoms with van der Waals surface area (Å²) in [6.45, 7) is 4.25. The van der Waals surface area contributed by atoms with Crippen molar-refractivity contribution in [1.82, 2.24) is 10.2 Å². The Morgan fingerprint density at radius 3 is 2.86 bits per heavy atom. The minimum Gasteiger partial charge on any atom is -0.382 e. The molecule has 2 rings (SSSR count). The van der Waals surface area contributed by atoms with Gasteiger partial charge in [-0.1, -0.05) is 19.9 Å². The summed E-state index contributed by atoms with van der Waals surface area (Å²) in [5, 5.41) is 9.10. The molecule has 14 heavy (non-hydrogen) atoms. The number of aromatic nitrogens is 2. The highest BCUT2D eigenvalue weighted by molar-refractivity contribution is 7.13. The number of nitrogens with one attached hydrogen (secondary N) is 1. The van der Waals surface area contributed by atoms with E-state index in [1.54, 1.807) is 11.3 Å². The zero-order valence-corrected chi connectivity index (χ0v) is 9.06. The van der Waals surface area contributed by atoms with E-state index >= 15 is 0 Å². The molecule has 0 unspecified atom stereocenters. The van der Waals surface area contributed by atoms with Gasteiger partial charge in [0.15, 0.2) is 0 Å². The Morgan fingerprint density at radius 2 is 2.29 bits per heavy atom. The maximum Gasteiger partial charge on any atom is 0.149 e. The van der Waals surface area contributed by atoms with Gasteiger partial charge in [0, 0.05) is 5.56 Å². The Kier molecular flexibility index (Phi) is 2.29. The first-order chi connectivity index (χ1) is 6.70. The predicted molar refractivity (Wildman–Crippen MR) is 60.4 cm³/mol. The van der Waals surface area contributed by atoms with E-state index in [1.165, 1.54) is 4.88 Å². The molecule has 0 bridgehead atoms. The maximum atomic E-state index is 5.81. The van der Waals surface area contributed by atoms with E-state index in [4.69, 9.17) is 5.73 Å². The Hall–Kier alpha value is -1.29. The third-order valence-corrected chi connectivity index (χ3v) is 3.07. The summed E-state index contributed by atoms with van der Waals surface area (Å²) in [5.41, 5.74) is 7.99. The smallest absolute Gasteiger partial charge is 0.149 e. The van der Waals surface area contributed by atoms with Crippen molar-refractivity contribution in [2.75, 3.05) is 5.73 Å². The average molecular weight is 207 g/mol. The quantitative estimate of drug-likeness (QED) is 0.795. The van der Waals surface area contributed by atoms with Crippen LogP contribution < -0.4 is 5.73 Å². The summed E-state index contributed by atoms with van der Waals surface area (Å²) < 4.78 is 0. The van der Waals surface area contributed by atoms with Crippen molar-refractivity contribution in [2.24, 2.45) is 0 Å². The van der Waals surface area contributed by atoms with Crippen LogP contribution in [0.5, 0.6) is 0 Å². The SMILES string of the molecule is CC(C)c1c(N)n[nH]c1-c1cccs1. The van der Waals surface area contributed by atoms with Crippen LogP contribution in [0.3, 0.4) is 0 Å². The van der Waals surface area contributed by atoms with Crippen LogP contribution in [0.2, 0.25) is 0 Å². The second kappa shape index (κ2) is 3.46. The predicted octanol–water partition coefficient (Wildman–Crippen LogP) is 2.84. The third kappa shape index (κ3) is 1.42. The fraction of sp³-hybridized carbons (Fsp3) is 0.300. The lowest BCUT2D eigenvalue weighted by molar-refractivity contribution is 0.873. The van der Waals surface area contributed by atoms with Gasteiger partial charge in [0.05, 0.1) is 10.6 Å². The number of nitrogens with two attached hydrogens (primary N) is 1. The number of H-pyrrole nitrogens is 1. The van der Waals surface area contributed by atoms with Gasteiger partial charge in [0.25, 0.3) is 0 Å². The largest absolute Gasteiger partial charge is 0.382 e. The molecule has 3 nitrogen and oxygen atoms in total. The van der Waals surface area contributed by atoms with Gasteiger partial charge in [-0.05, 0) is 17.4 Å². The van der Waals surface area contributed by atoms with Crippen LogP contribution in [0, 0.1) is 0 Å². The lowest BCUT2D eigenvalue weighted by Crippen LogP contribution is -1.94. The van der Waals surface area contributed by atoms with Crippen molar-refractivity contribution >= 4 is 17.2 Å². The van der Waals surface area contributed by atoms with Gasteiger partial charge in [-0.3, -0.25) is 5.10 Å². The molecular formula is C10H13N3S.